The van der Waals surface area contributed by atoms with Crippen molar-refractivity contribution in [2.24, 2.45) is 5.92 Å². The van der Waals surface area contributed by atoms with E-state index >= 15 is 0 Å². The number of carbonyl (C=O) groups excluding carboxylic acids is 1. The second-order valence-corrected chi connectivity index (χ2v) is 4.54. The number of carbonyl (C=O) groups is 1. The topological polar surface area (TPSA) is 50.4 Å². The van der Waals surface area contributed by atoms with Gasteiger partial charge in [-0.2, -0.15) is 0 Å². The second kappa shape index (κ2) is 5.47. The number of hydrogen-bond donors (Lipinski definition) is 2. The molecule has 86 valence electrons. The minimum Gasteiger partial charge on any atom is -0.372 e. The van der Waals surface area contributed by atoms with Gasteiger partial charge < -0.3 is 15.4 Å². The first-order valence-electron chi connectivity index (χ1n) is 5.92. The van der Waals surface area contributed by atoms with Crippen LogP contribution >= 0.6 is 0 Å². The van der Waals surface area contributed by atoms with Crippen molar-refractivity contribution in [3.63, 3.8) is 0 Å². The Labute approximate surface area is 90.8 Å². The molecule has 15 heavy (non-hydrogen) atoms. The van der Waals surface area contributed by atoms with Gasteiger partial charge in [-0.3, -0.25) is 4.79 Å². The van der Waals surface area contributed by atoms with Gasteiger partial charge in [0.15, 0.2) is 0 Å². The lowest BCUT2D eigenvalue weighted by atomic mass is 10.1. The zero-order valence-electron chi connectivity index (χ0n) is 9.13. The van der Waals surface area contributed by atoms with Crippen molar-refractivity contribution in [2.45, 2.75) is 31.7 Å². The number of ether oxygens (including phenoxy) is 1. The third-order valence-electron chi connectivity index (χ3n) is 3.01. The van der Waals surface area contributed by atoms with Crippen molar-refractivity contribution < 1.29 is 9.53 Å². The largest absolute Gasteiger partial charge is 0.372 e. The maximum atomic E-state index is 11.2. The van der Waals surface area contributed by atoms with Crippen LogP contribution in [0.4, 0.5) is 0 Å². The molecule has 0 radical (unpaired) electrons. The average molecular weight is 212 g/mol. The van der Waals surface area contributed by atoms with Crippen molar-refractivity contribution in [3.05, 3.63) is 0 Å². The molecule has 1 amide bonds. The Morgan fingerprint density at radius 1 is 1.40 bits per heavy atom. The molecular formula is C11H20N2O2. The highest BCUT2D eigenvalue weighted by Crippen LogP contribution is 2.18. The summed E-state index contributed by atoms with van der Waals surface area (Å²) in [5.41, 5.74) is 0. The van der Waals surface area contributed by atoms with Crippen LogP contribution in [-0.4, -0.2) is 38.3 Å². The number of amides is 1. The van der Waals surface area contributed by atoms with E-state index in [9.17, 15) is 4.79 Å². The molecule has 1 saturated carbocycles. The van der Waals surface area contributed by atoms with Gasteiger partial charge in [-0.15, -0.1) is 0 Å². The molecule has 1 aliphatic heterocycles. The summed E-state index contributed by atoms with van der Waals surface area (Å²) in [4.78, 5) is 11.2. The lowest BCUT2D eigenvalue weighted by Crippen LogP contribution is -2.29. The van der Waals surface area contributed by atoms with Crippen molar-refractivity contribution in [3.8, 4) is 0 Å². The van der Waals surface area contributed by atoms with Gasteiger partial charge >= 0.3 is 0 Å². The molecule has 1 atom stereocenters. The molecule has 0 aromatic heterocycles. The Kier molecular flexibility index (Phi) is 3.97. The van der Waals surface area contributed by atoms with E-state index in [1.54, 1.807) is 0 Å². The number of nitrogens with one attached hydrogen (secondary N) is 2. The maximum Gasteiger partial charge on any atom is 0.246 e. The predicted octanol–water partition coefficient (Wildman–Crippen LogP) is 0.281. The zero-order valence-corrected chi connectivity index (χ0v) is 9.13. The summed E-state index contributed by atoms with van der Waals surface area (Å²) in [5.74, 6) is 0.790. The van der Waals surface area contributed by atoms with Crippen LogP contribution in [0.3, 0.4) is 0 Å². The van der Waals surface area contributed by atoms with E-state index in [1.807, 2.05) is 0 Å². The highest BCUT2D eigenvalue weighted by Gasteiger charge is 2.23. The van der Waals surface area contributed by atoms with Crippen molar-refractivity contribution in [1.29, 1.82) is 0 Å². The Morgan fingerprint density at radius 2 is 2.27 bits per heavy atom. The van der Waals surface area contributed by atoms with Crippen molar-refractivity contribution in [2.75, 3.05) is 26.3 Å². The molecular weight excluding hydrogens is 192 g/mol. The SMILES string of the molecule is O=C(COCCC1CCNC1)NC1CC1. The molecule has 2 aliphatic rings. The van der Waals surface area contributed by atoms with Gasteiger partial charge in [0.25, 0.3) is 0 Å². The molecule has 0 bridgehead atoms. The molecule has 0 spiro atoms. The fourth-order valence-corrected chi connectivity index (χ4v) is 1.87. The van der Waals surface area contributed by atoms with Gasteiger partial charge in [-0.25, -0.2) is 0 Å². The first-order valence-corrected chi connectivity index (χ1v) is 5.92. The highest BCUT2D eigenvalue weighted by atomic mass is 16.5. The normalized spacial score (nSPS) is 25.5. The smallest absolute Gasteiger partial charge is 0.246 e. The molecule has 2 N–H and O–H groups in total. The van der Waals surface area contributed by atoms with Gasteiger partial charge in [-0.05, 0) is 44.7 Å². The summed E-state index contributed by atoms with van der Waals surface area (Å²) < 4.78 is 5.35. The molecule has 2 fully saturated rings. The van der Waals surface area contributed by atoms with Crippen LogP contribution in [0, 0.1) is 5.92 Å². The number of rotatable bonds is 6. The van der Waals surface area contributed by atoms with Gasteiger partial charge in [-0.1, -0.05) is 0 Å². The van der Waals surface area contributed by atoms with E-state index in [0.717, 1.165) is 38.3 Å². The predicted molar refractivity (Wildman–Crippen MR) is 57.6 cm³/mol. The van der Waals surface area contributed by atoms with Gasteiger partial charge in [0.2, 0.25) is 5.91 Å². The summed E-state index contributed by atoms with van der Waals surface area (Å²) in [5, 5.41) is 6.23. The lowest BCUT2D eigenvalue weighted by molar-refractivity contribution is -0.125. The van der Waals surface area contributed by atoms with Gasteiger partial charge in [0.1, 0.15) is 6.61 Å². The monoisotopic (exact) mass is 212 g/mol. The molecule has 0 aromatic carbocycles. The summed E-state index contributed by atoms with van der Waals surface area (Å²) in [6.45, 7) is 3.19. The third kappa shape index (κ3) is 4.18. The molecule has 1 saturated heterocycles. The van der Waals surface area contributed by atoms with Crippen LogP contribution < -0.4 is 10.6 Å². The quantitative estimate of drug-likeness (QED) is 0.622. The van der Waals surface area contributed by atoms with E-state index in [2.05, 4.69) is 10.6 Å². The molecule has 1 heterocycles. The van der Waals surface area contributed by atoms with Crippen LogP contribution in [0.1, 0.15) is 25.7 Å². The molecule has 4 heteroatoms. The average Bonchev–Trinajstić information content (AvgIpc) is 2.87. The van der Waals surface area contributed by atoms with E-state index in [1.165, 1.54) is 6.42 Å². The van der Waals surface area contributed by atoms with Crippen LogP contribution in [0.2, 0.25) is 0 Å². The molecule has 0 aromatic rings. The van der Waals surface area contributed by atoms with Crippen molar-refractivity contribution >= 4 is 5.91 Å². The summed E-state index contributed by atoms with van der Waals surface area (Å²) in [6.07, 6.45) is 4.60. The minimum atomic E-state index is 0.0436. The Balaban J connectivity index is 1.44. The Hall–Kier alpha value is -0.610. The maximum absolute atomic E-state index is 11.2. The summed E-state index contributed by atoms with van der Waals surface area (Å²) in [7, 11) is 0. The van der Waals surface area contributed by atoms with Crippen molar-refractivity contribution in [1.82, 2.24) is 10.6 Å². The molecule has 1 aliphatic carbocycles. The number of hydrogen-bond acceptors (Lipinski definition) is 3. The summed E-state index contributed by atoms with van der Waals surface area (Å²) >= 11 is 0. The Morgan fingerprint density at radius 3 is 2.93 bits per heavy atom. The minimum absolute atomic E-state index is 0.0436. The Bertz CT molecular complexity index is 211. The van der Waals surface area contributed by atoms with Crippen LogP contribution in [-0.2, 0) is 9.53 Å². The van der Waals surface area contributed by atoms with Crippen LogP contribution in [0.15, 0.2) is 0 Å². The third-order valence-corrected chi connectivity index (χ3v) is 3.01. The zero-order chi connectivity index (χ0) is 10.5. The van der Waals surface area contributed by atoms with Crippen LogP contribution in [0.25, 0.3) is 0 Å². The molecule has 4 nitrogen and oxygen atoms in total. The fourth-order valence-electron chi connectivity index (χ4n) is 1.87. The van der Waals surface area contributed by atoms with Gasteiger partial charge in [0, 0.05) is 12.6 Å². The van der Waals surface area contributed by atoms with Gasteiger partial charge in [0.05, 0.1) is 0 Å². The fraction of sp³-hybridized carbons (Fsp3) is 0.909. The first kappa shape index (κ1) is 10.9. The van der Waals surface area contributed by atoms with Crippen LogP contribution in [0.5, 0.6) is 0 Å². The van der Waals surface area contributed by atoms with E-state index in [-0.39, 0.29) is 12.5 Å². The first-order chi connectivity index (χ1) is 7.34. The van der Waals surface area contributed by atoms with E-state index in [0.29, 0.717) is 12.6 Å². The molecule has 1 unspecified atom stereocenters. The standard InChI is InChI=1S/C11H20N2O2/c14-11(13-10-1-2-10)8-15-6-4-9-3-5-12-7-9/h9-10,12H,1-8H2,(H,13,14). The lowest BCUT2D eigenvalue weighted by Gasteiger charge is -2.08. The second-order valence-electron chi connectivity index (χ2n) is 4.54. The van der Waals surface area contributed by atoms with E-state index < -0.39 is 0 Å². The summed E-state index contributed by atoms with van der Waals surface area (Å²) in [6, 6.07) is 0.445. The van der Waals surface area contributed by atoms with E-state index in [4.69, 9.17) is 4.74 Å². The highest BCUT2D eigenvalue weighted by molar-refractivity contribution is 5.77. The molecule has 2 rings (SSSR count).